The van der Waals surface area contributed by atoms with Crippen LogP contribution in [0.5, 0.6) is 0 Å². The molecule has 2 aromatic rings. The molecule has 3 heterocycles. The summed E-state index contributed by atoms with van der Waals surface area (Å²) in [7, 11) is 0. The number of hydrogen-bond donors (Lipinski definition) is 5. The molecule has 5 N–H and O–H groups in total. The number of carbonyl (C=O) groups is 5. The standard InChI is InChI=1S/C17H20N2O2S.2C2H2O4/c20-17(16-8-12-4-1-2-5-15(12)22-16)18-6-3-7-19-10-14-9-13(19)11-21-14;2*3-1(4)2(5)6/h1-2,4-5,8,13-14H,3,6-7,9-11H2,(H,18,20);2*(H,3,4)(H,5,6). The Morgan fingerprint density at radius 2 is 1.62 bits per heavy atom. The average Bonchev–Trinajstić information content (AvgIpc) is 3.52. The number of aliphatic carboxylic acids is 4. The second-order valence-corrected chi connectivity index (χ2v) is 8.40. The van der Waals surface area contributed by atoms with Crippen LogP contribution in [-0.4, -0.2) is 93.5 Å². The van der Waals surface area contributed by atoms with Crippen molar-refractivity contribution in [2.75, 3.05) is 26.2 Å². The van der Waals surface area contributed by atoms with Crippen LogP contribution in [-0.2, 0) is 23.9 Å². The zero-order valence-corrected chi connectivity index (χ0v) is 18.7. The van der Waals surface area contributed by atoms with E-state index >= 15 is 0 Å². The van der Waals surface area contributed by atoms with Crippen molar-refractivity contribution in [2.45, 2.75) is 25.0 Å². The molecule has 0 radical (unpaired) electrons. The fourth-order valence-corrected chi connectivity index (χ4v) is 4.40. The number of likely N-dealkylation sites (tertiary alicyclic amines) is 1. The molecule has 2 bridgehead atoms. The van der Waals surface area contributed by atoms with Gasteiger partial charge in [0, 0.05) is 30.4 Å². The summed E-state index contributed by atoms with van der Waals surface area (Å²) in [5, 5.41) is 33.8. The number of benzene rings is 1. The first kappa shape index (κ1) is 26.7. The minimum absolute atomic E-state index is 0.0486. The molecule has 0 saturated carbocycles. The maximum atomic E-state index is 12.2. The van der Waals surface area contributed by atoms with Crippen LogP contribution in [0.2, 0.25) is 0 Å². The molecule has 34 heavy (non-hydrogen) atoms. The zero-order valence-electron chi connectivity index (χ0n) is 17.9. The molecule has 184 valence electrons. The molecule has 2 atom stereocenters. The molecule has 2 saturated heterocycles. The highest BCUT2D eigenvalue weighted by atomic mass is 32.1. The van der Waals surface area contributed by atoms with E-state index in [2.05, 4.69) is 16.3 Å². The number of rotatable bonds is 5. The third-order valence-corrected chi connectivity index (χ3v) is 6.05. The van der Waals surface area contributed by atoms with E-state index in [1.54, 1.807) is 11.3 Å². The number of nitrogens with one attached hydrogen (secondary N) is 1. The monoisotopic (exact) mass is 496 g/mol. The summed E-state index contributed by atoms with van der Waals surface area (Å²) in [6.07, 6.45) is 2.65. The van der Waals surface area contributed by atoms with Gasteiger partial charge in [-0.2, -0.15) is 0 Å². The van der Waals surface area contributed by atoms with Crippen LogP contribution in [0.3, 0.4) is 0 Å². The Morgan fingerprint density at radius 3 is 2.12 bits per heavy atom. The largest absolute Gasteiger partial charge is 0.473 e. The van der Waals surface area contributed by atoms with Gasteiger partial charge in [0.25, 0.3) is 5.91 Å². The van der Waals surface area contributed by atoms with Crippen LogP contribution in [0.4, 0.5) is 0 Å². The Hall–Kier alpha value is -3.55. The van der Waals surface area contributed by atoms with E-state index in [1.165, 1.54) is 11.1 Å². The summed E-state index contributed by atoms with van der Waals surface area (Å²) in [4.78, 5) is 51.9. The van der Waals surface area contributed by atoms with Crippen LogP contribution in [0.15, 0.2) is 30.3 Å². The summed E-state index contributed by atoms with van der Waals surface area (Å²) < 4.78 is 6.77. The van der Waals surface area contributed by atoms with Crippen molar-refractivity contribution >= 4 is 51.2 Å². The van der Waals surface area contributed by atoms with Crippen molar-refractivity contribution in [1.29, 1.82) is 0 Å². The van der Waals surface area contributed by atoms with Gasteiger partial charge < -0.3 is 30.5 Å². The molecule has 4 rings (SSSR count). The van der Waals surface area contributed by atoms with Gasteiger partial charge in [-0.3, -0.25) is 9.69 Å². The molecule has 1 aromatic carbocycles. The number of ether oxygens (including phenoxy) is 1. The molecule has 2 unspecified atom stereocenters. The van der Waals surface area contributed by atoms with Crippen molar-refractivity contribution in [3.8, 4) is 0 Å². The minimum atomic E-state index is -1.82. The normalized spacial score (nSPS) is 18.2. The first-order chi connectivity index (χ1) is 16.1. The van der Waals surface area contributed by atoms with E-state index in [-0.39, 0.29) is 5.91 Å². The molecule has 12 nitrogen and oxygen atoms in total. The van der Waals surface area contributed by atoms with E-state index in [9.17, 15) is 4.79 Å². The van der Waals surface area contributed by atoms with E-state index in [1.807, 2.05) is 24.3 Å². The summed E-state index contributed by atoms with van der Waals surface area (Å²) in [5.74, 6) is -7.25. The quantitative estimate of drug-likeness (QED) is 0.291. The summed E-state index contributed by atoms with van der Waals surface area (Å²) >= 11 is 1.56. The van der Waals surface area contributed by atoms with Crippen LogP contribution in [0.25, 0.3) is 10.1 Å². The second-order valence-electron chi connectivity index (χ2n) is 7.32. The maximum absolute atomic E-state index is 12.2. The zero-order chi connectivity index (χ0) is 25.3. The lowest BCUT2D eigenvalue weighted by molar-refractivity contribution is -0.159. The number of morpholine rings is 1. The van der Waals surface area contributed by atoms with Crippen LogP contribution < -0.4 is 5.32 Å². The second kappa shape index (κ2) is 12.6. The highest BCUT2D eigenvalue weighted by Gasteiger charge is 2.38. The van der Waals surface area contributed by atoms with Gasteiger partial charge in [-0.05, 0) is 30.4 Å². The first-order valence-electron chi connectivity index (χ1n) is 10.1. The van der Waals surface area contributed by atoms with Crippen LogP contribution in [0.1, 0.15) is 22.5 Å². The van der Waals surface area contributed by atoms with Gasteiger partial charge in [-0.25, -0.2) is 19.2 Å². The summed E-state index contributed by atoms with van der Waals surface area (Å²) in [6, 6.07) is 10.7. The van der Waals surface area contributed by atoms with Crippen molar-refractivity contribution in [2.24, 2.45) is 0 Å². The number of thiophene rings is 1. The number of nitrogens with zero attached hydrogens (tertiary/aromatic N) is 1. The molecule has 2 aliphatic heterocycles. The highest BCUT2D eigenvalue weighted by molar-refractivity contribution is 7.20. The SMILES string of the molecule is O=C(NCCCN1CC2CC1CO2)c1cc2ccccc2s1.O=C(O)C(=O)O.O=C(O)C(=O)O. The fourth-order valence-electron chi connectivity index (χ4n) is 3.42. The van der Waals surface area contributed by atoms with Gasteiger partial charge in [-0.15, -0.1) is 11.3 Å². The van der Waals surface area contributed by atoms with Crippen LogP contribution in [0, 0.1) is 0 Å². The molecule has 0 aliphatic carbocycles. The van der Waals surface area contributed by atoms with Crippen molar-refractivity contribution < 1.29 is 49.1 Å². The topological polar surface area (TPSA) is 191 Å². The Balaban J connectivity index is 0.000000285. The Labute approximate surface area is 197 Å². The lowest BCUT2D eigenvalue weighted by atomic mass is 10.2. The van der Waals surface area contributed by atoms with Gasteiger partial charge in [0.15, 0.2) is 0 Å². The molecule has 13 heteroatoms. The molecule has 2 aliphatic rings. The molecular formula is C21H24N2O10S. The number of hydrogen-bond acceptors (Lipinski definition) is 8. The Bertz CT molecular complexity index is 972. The number of amides is 1. The van der Waals surface area contributed by atoms with E-state index in [4.69, 9.17) is 44.3 Å². The number of carbonyl (C=O) groups excluding carboxylic acids is 1. The summed E-state index contributed by atoms with van der Waals surface area (Å²) in [6.45, 7) is 3.74. The van der Waals surface area contributed by atoms with Gasteiger partial charge in [0.2, 0.25) is 0 Å². The third-order valence-electron chi connectivity index (χ3n) is 4.94. The van der Waals surface area contributed by atoms with Crippen LogP contribution >= 0.6 is 11.3 Å². The van der Waals surface area contributed by atoms with Crippen molar-refractivity contribution in [1.82, 2.24) is 10.2 Å². The lowest BCUT2D eigenvalue weighted by Crippen LogP contribution is -2.38. The van der Waals surface area contributed by atoms with E-state index in [0.29, 0.717) is 12.1 Å². The third kappa shape index (κ3) is 8.10. The predicted octanol–water partition coefficient (Wildman–Crippen LogP) is 0.806. The molecule has 2 fully saturated rings. The van der Waals surface area contributed by atoms with E-state index < -0.39 is 23.9 Å². The Kier molecular flexibility index (Phi) is 9.92. The van der Waals surface area contributed by atoms with E-state index in [0.717, 1.165) is 42.9 Å². The van der Waals surface area contributed by atoms with Gasteiger partial charge in [-0.1, -0.05) is 18.2 Å². The smallest absolute Gasteiger partial charge is 0.414 e. The number of carboxylic acids is 4. The maximum Gasteiger partial charge on any atom is 0.414 e. The molecule has 1 amide bonds. The van der Waals surface area contributed by atoms with Gasteiger partial charge >= 0.3 is 23.9 Å². The molecular weight excluding hydrogens is 472 g/mol. The highest BCUT2D eigenvalue weighted by Crippen LogP contribution is 2.27. The molecule has 1 aromatic heterocycles. The lowest BCUT2D eigenvalue weighted by Gasteiger charge is -2.26. The van der Waals surface area contributed by atoms with Crippen molar-refractivity contribution in [3.05, 3.63) is 35.2 Å². The van der Waals surface area contributed by atoms with Crippen molar-refractivity contribution in [3.63, 3.8) is 0 Å². The first-order valence-corrected chi connectivity index (χ1v) is 10.9. The average molecular weight is 496 g/mol. The predicted molar refractivity (Wildman–Crippen MR) is 119 cm³/mol. The van der Waals surface area contributed by atoms with Gasteiger partial charge in [0.1, 0.15) is 0 Å². The van der Waals surface area contributed by atoms with Gasteiger partial charge in [0.05, 0.1) is 17.6 Å². The summed E-state index contributed by atoms with van der Waals surface area (Å²) in [5.41, 5.74) is 0. The number of fused-ring (bicyclic) bond motifs is 3. The number of carboxylic acid groups (broad SMARTS) is 4. The molecule has 0 spiro atoms. The minimum Gasteiger partial charge on any atom is -0.473 e. The fraction of sp³-hybridized carbons (Fsp3) is 0.381. The Morgan fingerprint density at radius 1 is 1.00 bits per heavy atom.